The average Bonchev–Trinajstić information content (AvgIpc) is 2.76. The van der Waals surface area contributed by atoms with Crippen LogP contribution in [0.3, 0.4) is 0 Å². The van der Waals surface area contributed by atoms with Crippen molar-refractivity contribution in [1.82, 2.24) is 4.90 Å². The Labute approximate surface area is 107 Å². The van der Waals surface area contributed by atoms with Crippen LogP contribution in [0.5, 0.6) is 5.75 Å². The standard InChI is InChI=1S/C14H18FNO2/c1-16(12-4-3-5-13(12)17)9-10-6-7-14(18-2)11(15)8-10/h6-8,12H,3-5,9H2,1-2H3. The van der Waals surface area contributed by atoms with Gasteiger partial charge in [-0.2, -0.15) is 0 Å². The van der Waals surface area contributed by atoms with Crippen molar-refractivity contribution in [2.45, 2.75) is 31.8 Å². The third-order valence-corrected chi connectivity index (χ3v) is 3.45. The normalized spacial score (nSPS) is 19.6. The van der Waals surface area contributed by atoms with Gasteiger partial charge in [-0.3, -0.25) is 9.69 Å². The molecular formula is C14H18FNO2. The summed E-state index contributed by atoms with van der Waals surface area (Å²) in [5.74, 6) is 0.186. The average molecular weight is 251 g/mol. The molecule has 0 saturated heterocycles. The molecule has 0 bridgehead atoms. The summed E-state index contributed by atoms with van der Waals surface area (Å²) in [7, 11) is 3.36. The van der Waals surface area contributed by atoms with Crippen LogP contribution in [0, 0.1) is 5.82 Å². The second-order valence-electron chi connectivity index (χ2n) is 4.76. The molecule has 0 aliphatic heterocycles. The van der Waals surface area contributed by atoms with E-state index in [-0.39, 0.29) is 17.6 Å². The molecule has 1 aliphatic carbocycles. The zero-order valence-corrected chi connectivity index (χ0v) is 10.8. The van der Waals surface area contributed by atoms with E-state index >= 15 is 0 Å². The van der Waals surface area contributed by atoms with E-state index in [1.807, 2.05) is 18.0 Å². The van der Waals surface area contributed by atoms with Crippen molar-refractivity contribution in [3.63, 3.8) is 0 Å². The van der Waals surface area contributed by atoms with Gasteiger partial charge in [-0.05, 0) is 37.6 Å². The fourth-order valence-electron chi connectivity index (χ4n) is 2.47. The molecule has 1 aliphatic rings. The lowest BCUT2D eigenvalue weighted by Crippen LogP contribution is -2.34. The number of ketones is 1. The number of hydrogen-bond acceptors (Lipinski definition) is 3. The SMILES string of the molecule is COc1ccc(CN(C)C2CCCC2=O)cc1F. The first-order valence-corrected chi connectivity index (χ1v) is 6.17. The van der Waals surface area contributed by atoms with Gasteiger partial charge < -0.3 is 4.74 Å². The molecule has 2 rings (SSSR count). The number of Topliss-reactive ketones (excluding diaryl/α,β-unsaturated/α-hetero) is 1. The molecule has 1 aromatic carbocycles. The number of likely N-dealkylation sites (N-methyl/N-ethyl adjacent to an activating group) is 1. The highest BCUT2D eigenvalue weighted by atomic mass is 19.1. The van der Waals surface area contributed by atoms with Crippen LogP contribution in [0.2, 0.25) is 0 Å². The highest BCUT2D eigenvalue weighted by Crippen LogP contribution is 2.22. The van der Waals surface area contributed by atoms with E-state index in [1.165, 1.54) is 13.2 Å². The van der Waals surface area contributed by atoms with Crippen molar-refractivity contribution in [2.24, 2.45) is 0 Å². The fourth-order valence-corrected chi connectivity index (χ4v) is 2.47. The molecule has 0 amide bonds. The van der Waals surface area contributed by atoms with Crippen LogP contribution in [-0.4, -0.2) is 30.9 Å². The molecule has 98 valence electrons. The van der Waals surface area contributed by atoms with Crippen LogP contribution < -0.4 is 4.74 Å². The van der Waals surface area contributed by atoms with E-state index in [1.54, 1.807) is 6.07 Å². The molecule has 1 atom stereocenters. The molecule has 0 aromatic heterocycles. The minimum atomic E-state index is -0.360. The van der Waals surface area contributed by atoms with E-state index in [0.29, 0.717) is 18.7 Å². The summed E-state index contributed by atoms with van der Waals surface area (Å²) in [6, 6.07) is 4.91. The van der Waals surface area contributed by atoms with Crippen LogP contribution in [0.15, 0.2) is 18.2 Å². The first-order chi connectivity index (χ1) is 8.61. The van der Waals surface area contributed by atoms with Gasteiger partial charge in [-0.25, -0.2) is 4.39 Å². The predicted octanol–water partition coefficient (Wildman–Crippen LogP) is 2.39. The molecular weight excluding hydrogens is 233 g/mol. The van der Waals surface area contributed by atoms with Gasteiger partial charge in [-0.1, -0.05) is 6.07 Å². The van der Waals surface area contributed by atoms with Crippen molar-refractivity contribution in [3.05, 3.63) is 29.6 Å². The number of methoxy groups -OCH3 is 1. The number of ether oxygens (including phenoxy) is 1. The van der Waals surface area contributed by atoms with Gasteiger partial charge in [0.15, 0.2) is 11.6 Å². The lowest BCUT2D eigenvalue weighted by molar-refractivity contribution is -0.121. The van der Waals surface area contributed by atoms with Gasteiger partial charge in [0.25, 0.3) is 0 Å². The molecule has 1 saturated carbocycles. The van der Waals surface area contributed by atoms with E-state index in [9.17, 15) is 9.18 Å². The van der Waals surface area contributed by atoms with E-state index in [2.05, 4.69) is 0 Å². The highest BCUT2D eigenvalue weighted by molar-refractivity contribution is 5.85. The van der Waals surface area contributed by atoms with E-state index in [0.717, 1.165) is 18.4 Å². The van der Waals surface area contributed by atoms with Crippen molar-refractivity contribution < 1.29 is 13.9 Å². The summed E-state index contributed by atoms with van der Waals surface area (Å²) >= 11 is 0. The minimum absolute atomic E-state index is 0.00448. The zero-order chi connectivity index (χ0) is 13.1. The molecule has 0 heterocycles. The Kier molecular flexibility index (Phi) is 3.97. The second-order valence-corrected chi connectivity index (χ2v) is 4.76. The maximum atomic E-state index is 13.5. The topological polar surface area (TPSA) is 29.5 Å². The second kappa shape index (κ2) is 5.48. The first-order valence-electron chi connectivity index (χ1n) is 6.17. The molecule has 1 unspecified atom stereocenters. The highest BCUT2D eigenvalue weighted by Gasteiger charge is 2.27. The van der Waals surface area contributed by atoms with Gasteiger partial charge >= 0.3 is 0 Å². The number of rotatable bonds is 4. The van der Waals surface area contributed by atoms with Crippen LogP contribution >= 0.6 is 0 Å². The number of hydrogen-bond donors (Lipinski definition) is 0. The Hall–Kier alpha value is -1.42. The smallest absolute Gasteiger partial charge is 0.165 e. The van der Waals surface area contributed by atoms with Crippen molar-refractivity contribution in [3.8, 4) is 5.75 Å². The van der Waals surface area contributed by atoms with Crippen molar-refractivity contribution in [2.75, 3.05) is 14.2 Å². The summed E-state index contributed by atoms with van der Waals surface area (Å²) < 4.78 is 18.4. The molecule has 1 fully saturated rings. The maximum absolute atomic E-state index is 13.5. The summed E-state index contributed by atoms with van der Waals surface area (Å²) in [6.45, 7) is 0.581. The van der Waals surface area contributed by atoms with Crippen LogP contribution in [-0.2, 0) is 11.3 Å². The molecule has 4 heteroatoms. The Morgan fingerprint density at radius 1 is 1.50 bits per heavy atom. The lowest BCUT2D eigenvalue weighted by Gasteiger charge is -2.22. The van der Waals surface area contributed by atoms with Crippen molar-refractivity contribution >= 4 is 5.78 Å². The molecule has 18 heavy (non-hydrogen) atoms. The summed E-state index contributed by atoms with van der Waals surface area (Å²) in [5.41, 5.74) is 0.857. The lowest BCUT2D eigenvalue weighted by atomic mass is 10.1. The Balaban J connectivity index is 2.04. The number of carbonyl (C=O) groups is 1. The molecule has 0 radical (unpaired) electrons. The van der Waals surface area contributed by atoms with E-state index < -0.39 is 0 Å². The fraction of sp³-hybridized carbons (Fsp3) is 0.500. The number of benzene rings is 1. The van der Waals surface area contributed by atoms with Crippen LogP contribution in [0.1, 0.15) is 24.8 Å². The monoisotopic (exact) mass is 251 g/mol. The maximum Gasteiger partial charge on any atom is 0.165 e. The third-order valence-electron chi connectivity index (χ3n) is 3.45. The molecule has 3 nitrogen and oxygen atoms in total. The predicted molar refractivity (Wildman–Crippen MR) is 67.1 cm³/mol. The van der Waals surface area contributed by atoms with Gasteiger partial charge in [-0.15, -0.1) is 0 Å². The van der Waals surface area contributed by atoms with Gasteiger partial charge in [0.1, 0.15) is 5.78 Å². The minimum Gasteiger partial charge on any atom is -0.494 e. The Morgan fingerprint density at radius 2 is 2.28 bits per heavy atom. The molecule has 0 N–H and O–H groups in total. The molecule has 0 spiro atoms. The van der Waals surface area contributed by atoms with Crippen LogP contribution in [0.4, 0.5) is 4.39 Å². The largest absolute Gasteiger partial charge is 0.494 e. The Morgan fingerprint density at radius 3 is 2.83 bits per heavy atom. The van der Waals surface area contributed by atoms with Crippen LogP contribution in [0.25, 0.3) is 0 Å². The van der Waals surface area contributed by atoms with Crippen molar-refractivity contribution in [1.29, 1.82) is 0 Å². The quantitative estimate of drug-likeness (QED) is 0.823. The third kappa shape index (κ3) is 2.70. The molecule has 1 aromatic rings. The summed E-state index contributed by atoms with van der Waals surface area (Å²) in [6.07, 6.45) is 2.55. The number of carbonyl (C=O) groups excluding carboxylic acids is 1. The number of halogens is 1. The summed E-state index contributed by atoms with van der Waals surface area (Å²) in [4.78, 5) is 13.6. The Bertz CT molecular complexity index is 447. The van der Waals surface area contributed by atoms with Gasteiger partial charge in [0, 0.05) is 13.0 Å². The first kappa shape index (κ1) is 13.0. The van der Waals surface area contributed by atoms with Gasteiger partial charge in [0.2, 0.25) is 0 Å². The summed E-state index contributed by atoms with van der Waals surface area (Å²) in [5, 5.41) is 0. The zero-order valence-electron chi connectivity index (χ0n) is 10.8. The van der Waals surface area contributed by atoms with E-state index in [4.69, 9.17) is 4.74 Å². The van der Waals surface area contributed by atoms with Gasteiger partial charge in [0.05, 0.1) is 13.2 Å². The number of nitrogens with zero attached hydrogens (tertiary/aromatic N) is 1.